The Bertz CT molecular complexity index is 511. The summed E-state index contributed by atoms with van der Waals surface area (Å²) in [4.78, 5) is 11.4. The van der Waals surface area contributed by atoms with Crippen molar-refractivity contribution < 1.29 is 17.9 Å². The molecule has 0 atom stereocenters. The fourth-order valence-corrected chi connectivity index (χ4v) is 2.27. The molecule has 2 N–H and O–H groups in total. The van der Waals surface area contributed by atoms with Crippen molar-refractivity contribution in [3.63, 3.8) is 0 Å². The molecule has 106 valence electrons. The lowest BCUT2D eigenvalue weighted by molar-refractivity contribution is 0.246. The van der Waals surface area contributed by atoms with Crippen LogP contribution in [0, 0.1) is 0 Å². The summed E-state index contributed by atoms with van der Waals surface area (Å²) < 4.78 is 30.9. The molecule has 7 heteroatoms. The fraction of sp³-hybridized carbons (Fsp3) is 0.417. The number of hydrogen-bond acceptors (Lipinski definition) is 4. The monoisotopic (exact) mass is 286 g/mol. The minimum Gasteiger partial charge on any atom is -0.494 e. The highest BCUT2D eigenvalue weighted by Gasteiger charge is 2.16. The van der Waals surface area contributed by atoms with Crippen molar-refractivity contribution in [2.24, 2.45) is 0 Å². The lowest BCUT2D eigenvalue weighted by Gasteiger charge is -2.08. The van der Waals surface area contributed by atoms with Gasteiger partial charge < -0.3 is 10.1 Å². The zero-order chi connectivity index (χ0) is 14.3. The van der Waals surface area contributed by atoms with Gasteiger partial charge in [-0.1, -0.05) is 6.92 Å². The Morgan fingerprint density at radius 1 is 1.21 bits per heavy atom. The summed E-state index contributed by atoms with van der Waals surface area (Å²) in [6.45, 7) is 4.64. The van der Waals surface area contributed by atoms with E-state index in [0.29, 0.717) is 18.9 Å². The number of urea groups is 1. The summed E-state index contributed by atoms with van der Waals surface area (Å²) in [7, 11) is -3.84. The van der Waals surface area contributed by atoms with Crippen LogP contribution in [0.15, 0.2) is 29.2 Å². The summed E-state index contributed by atoms with van der Waals surface area (Å²) in [5, 5.41) is 2.44. The summed E-state index contributed by atoms with van der Waals surface area (Å²) in [5.41, 5.74) is 0. The van der Waals surface area contributed by atoms with Crippen LogP contribution >= 0.6 is 0 Å². The van der Waals surface area contributed by atoms with Crippen molar-refractivity contribution in [3.8, 4) is 5.75 Å². The van der Waals surface area contributed by atoms with Crippen LogP contribution in [0.1, 0.15) is 20.3 Å². The van der Waals surface area contributed by atoms with E-state index in [2.05, 4.69) is 5.32 Å². The highest BCUT2D eigenvalue weighted by Crippen LogP contribution is 2.15. The van der Waals surface area contributed by atoms with Crippen LogP contribution in [0.2, 0.25) is 0 Å². The largest absolute Gasteiger partial charge is 0.494 e. The molecule has 19 heavy (non-hydrogen) atoms. The molecule has 0 aliphatic carbocycles. The normalized spacial score (nSPS) is 10.8. The predicted octanol–water partition coefficient (Wildman–Crippen LogP) is 1.48. The topological polar surface area (TPSA) is 84.5 Å². The van der Waals surface area contributed by atoms with Gasteiger partial charge in [-0.3, -0.25) is 0 Å². The molecule has 0 fully saturated rings. The number of sulfonamides is 1. The van der Waals surface area contributed by atoms with Crippen LogP contribution in [-0.2, 0) is 10.0 Å². The Labute approximate surface area is 113 Å². The van der Waals surface area contributed by atoms with Gasteiger partial charge in [0.2, 0.25) is 0 Å². The summed E-state index contributed by atoms with van der Waals surface area (Å²) >= 11 is 0. The van der Waals surface area contributed by atoms with E-state index in [1.807, 2.05) is 18.6 Å². The molecule has 0 aliphatic rings. The molecule has 0 radical (unpaired) electrons. The van der Waals surface area contributed by atoms with E-state index in [1.165, 1.54) is 12.1 Å². The van der Waals surface area contributed by atoms with Crippen LogP contribution in [0.5, 0.6) is 5.75 Å². The Morgan fingerprint density at radius 2 is 1.84 bits per heavy atom. The Balaban J connectivity index is 2.74. The number of rotatable bonds is 6. The first kappa shape index (κ1) is 15.3. The highest BCUT2D eigenvalue weighted by atomic mass is 32.2. The maximum atomic E-state index is 11.9. The van der Waals surface area contributed by atoms with Gasteiger partial charge in [-0.05, 0) is 37.6 Å². The third-order valence-electron chi connectivity index (χ3n) is 2.21. The molecule has 0 heterocycles. The lowest BCUT2D eigenvalue weighted by atomic mass is 10.3. The Morgan fingerprint density at radius 3 is 2.37 bits per heavy atom. The average molecular weight is 286 g/mol. The van der Waals surface area contributed by atoms with Gasteiger partial charge in [0.25, 0.3) is 10.0 Å². The van der Waals surface area contributed by atoms with E-state index in [4.69, 9.17) is 4.74 Å². The van der Waals surface area contributed by atoms with Gasteiger partial charge in [-0.25, -0.2) is 17.9 Å². The predicted molar refractivity (Wildman–Crippen MR) is 71.6 cm³/mol. The van der Waals surface area contributed by atoms with E-state index in [-0.39, 0.29) is 4.90 Å². The van der Waals surface area contributed by atoms with Crippen molar-refractivity contribution in [2.45, 2.75) is 25.2 Å². The molecule has 0 bridgehead atoms. The molecule has 0 saturated carbocycles. The molecule has 0 aliphatic heterocycles. The van der Waals surface area contributed by atoms with Crippen molar-refractivity contribution in [3.05, 3.63) is 24.3 Å². The number of nitrogens with one attached hydrogen (secondary N) is 2. The summed E-state index contributed by atoms with van der Waals surface area (Å²) in [6.07, 6.45) is 0.733. The van der Waals surface area contributed by atoms with Crippen molar-refractivity contribution in [1.82, 2.24) is 10.0 Å². The third kappa shape index (κ3) is 4.78. The average Bonchev–Trinajstić information content (AvgIpc) is 2.37. The number of benzene rings is 1. The van der Waals surface area contributed by atoms with E-state index in [9.17, 15) is 13.2 Å². The number of carbonyl (C=O) groups excluding carboxylic acids is 1. The van der Waals surface area contributed by atoms with Gasteiger partial charge in [0.15, 0.2) is 0 Å². The maximum absolute atomic E-state index is 11.9. The molecule has 1 rings (SSSR count). The molecule has 0 spiro atoms. The first-order chi connectivity index (χ1) is 8.99. The number of ether oxygens (including phenoxy) is 1. The number of carbonyl (C=O) groups is 1. The van der Waals surface area contributed by atoms with E-state index < -0.39 is 16.1 Å². The third-order valence-corrected chi connectivity index (χ3v) is 3.55. The Kier molecular flexibility index (Phi) is 5.62. The molecule has 6 nitrogen and oxygen atoms in total. The smallest absolute Gasteiger partial charge is 0.328 e. The summed E-state index contributed by atoms with van der Waals surface area (Å²) in [6, 6.07) is 5.14. The minimum absolute atomic E-state index is 0.0163. The summed E-state index contributed by atoms with van der Waals surface area (Å²) in [5.74, 6) is 0.580. The minimum atomic E-state index is -3.84. The van der Waals surface area contributed by atoms with E-state index in [0.717, 1.165) is 6.42 Å². The quantitative estimate of drug-likeness (QED) is 0.829. The lowest BCUT2D eigenvalue weighted by Crippen LogP contribution is -2.39. The highest BCUT2D eigenvalue weighted by molar-refractivity contribution is 7.90. The number of amides is 2. The molecule has 0 aromatic heterocycles. The van der Waals surface area contributed by atoms with Crippen LogP contribution in [0.25, 0.3) is 0 Å². The first-order valence-corrected chi connectivity index (χ1v) is 7.51. The standard InChI is InChI=1S/C12H18N2O4S/c1-3-9-13-12(15)14-19(16,17)11-7-5-10(6-8-11)18-4-2/h5-8H,3-4,9H2,1-2H3,(H2,13,14,15). The molecule has 0 saturated heterocycles. The van der Waals surface area contributed by atoms with Crippen molar-refractivity contribution in [2.75, 3.05) is 13.2 Å². The molecule has 2 amide bonds. The number of hydrogen-bond donors (Lipinski definition) is 2. The molecular weight excluding hydrogens is 268 g/mol. The van der Waals surface area contributed by atoms with Crippen LogP contribution in [0.4, 0.5) is 4.79 Å². The van der Waals surface area contributed by atoms with E-state index in [1.54, 1.807) is 12.1 Å². The van der Waals surface area contributed by atoms with Crippen molar-refractivity contribution in [1.29, 1.82) is 0 Å². The molecule has 1 aromatic rings. The fourth-order valence-electron chi connectivity index (χ4n) is 1.34. The zero-order valence-corrected chi connectivity index (χ0v) is 11.8. The van der Waals surface area contributed by atoms with E-state index >= 15 is 0 Å². The van der Waals surface area contributed by atoms with Gasteiger partial charge in [-0.2, -0.15) is 0 Å². The SMILES string of the molecule is CCCNC(=O)NS(=O)(=O)c1ccc(OCC)cc1. The maximum Gasteiger partial charge on any atom is 0.328 e. The van der Waals surface area contributed by atoms with Crippen LogP contribution in [0.3, 0.4) is 0 Å². The van der Waals surface area contributed by atoms with Crippen molar-refractivity contribution >= 4 is 16.1 Å². The van der Waals surface area contributed by atoms with Crippen LogP contribution in [-0.4, -0.2) is 27.6 Å². The van der Waals surface area contributed by atoms with Gasteiger partial charge in [0.1, 0.15) is 5.75 Å². The second-order valence-corrected chi connectivity index (χ2v) is 5.45. The second-order valence-electron chi connectivity index (χ2n) is 3.77. The van der Waals surface area contributed by atoms with Crippen LogP contribution < -0.4 is 14.8 Å². The van der Waals surface area contributed by atoms with Gasteiger partial charge in [0.05, 0.1) is 11.5 Å². The molecule has 1 aromatic carbocycles. The zero-order valence-electron chi connectivity index (χ0n) is 11.0. The molecular formula is C12H18N2O4S. The van der Waals surface area contributed by atoms with Gasteiger partial charge in [0, 0.05) is 6.54 Å². The van der Waals surface area contributed by atoms with Gasteiger partial charge >= 0.3 is 6.03 Å². The first-order valence-electron chi connectivity index (χ1n) is 6.03. The second kappa shape index (κ2) is 6.98. The Hall–Kier alpha value is -1.76. The van der Waals surface area contributed by atoms with Gasteiger partial charge in [-0.15, -0.1) is 0 Å². The molecule has 0 unspecified atom stereocenters.